The monoisotopic (exact) mass is 217 g/mol. The van der Waals surface area contributed by atoms with Crippen molar-refractivity contribution < 1.29 is 4.39 Å². The van der Waals surface area contributed by atoms with E-state index in [9.17, 15) is 4.39 Å². The number of hydrogen-bond donors (Lipinski definition) is 0. The van der Waals surface area contributed by atoms with Crippen LogP contribution in [0.3, 0.4) is 0 Å². The molecular formula is C14H19BF-. The second kappa shape index (κ2) is 5.52. The van der Waals surface area contributed by atoms with Crippen molar-refractivity contribution in [1.29, 1.82) is 0 Å². The van der Waals surface area contributed by atoms with Crippen molar-refractivity contribution in [2.45, 2.75) is 44.8 Å². The Bertz CT molecular complexity index is 331. The molecule has 1 saturated carbocycles. The van der Waals surface area contributed by atoms with E-state index in [4.69, 9.17) is 0 Å². The molecule has 0 aliphatic heterocycles. The highest BCUT2D eigenvalue weighted by Gasteiger charge is 2.13. The lowest BCUT2D eigenvalue weighted by Crippen LogP contribution is -2.24. The van der Waals surface area contributed by atoms with Gasteiger partial charge in [-0.05, 0) is 6.07 Å². The van der Waals surface area contributed by atoms with Crippen LogP contribution in [0.4, 0.5) is 4.39 Å². The van der Waals surface area contributed by atoms with Crippen molar-refractivity contribution in [3.8, 4) is 0 Å². The van der Waals surface area contributed by atoms with E-state index < -0.39 is 0 Å². The molecule has 1 fully saturated rings. The van der Waals surface area contributed by atoms with E-state index in [2.05, 4.69) is 14.2 Å². The molecule has 0 saturated heterocycles. The summed E-state index contributed by atoms with van der Waals surface area (Å²) in [4.78, 5) is 0. The molecule has 1 aromatic carbocycles. The van der Waals surface area contributed by atoms with Crippen LogP contribution in [0.25, 0.3) is 0 Å². The molecule has 1 aliphatic carbocycles. The topological polar surface area (TPSA) is 0 Å². The van der Waals surface area contributed by atoms with Crippen molar-refractivity contribution in [1.82, 2.24) is 0 Å². The minimum absolute atomic E-state index is 0.135. The van der Waals surface area contributed by atoms with Crippen LogP contribution in [-0.2, 0) is 0 Å². The van der Waals surface area contributed by atoms with Crippen LogP contribution in [0.2, 0.25) is 5.82 Å². The minimum atomic E-state index is -0.135. The molecule has 1 aliphatic rings. The zero-order chi connectivity index (χ0) is 11.4. The highest BCUT2D eigenvalue weighted by atomic mass is 19.1. The fourth-order valence-corrected chi connectivity index (χ4v) is 2.71. The van der Waals surface area contributed by atoms with Gasteiger partial charge in [0, 0.05) is 0 Å². The normalized spacial score (nSPS) is 19.6. The Hall–Kier alpha value is -0.785. The van der Waals surface area contributed by atoms with E-state index in [-0.39, 0.29) is 5.82 Å². The maximum atomic E-state index is 13.0. The Morgan fingerprint density at radius 2 is 2.00 bits per heavy atom. The standard InChI is InChI=1S/C14H19BF/c1-11(12-6-3-2-4-7-12)15-13-8-5-9-14(16)10-13/h5,8-12H,2-4,6-7H2,1H3/q-1. The third-order valence-corrected chi connectivity index (χ3v) is 3.70. The van der Waals surface area contributed by atoms with Crippen LogP contribution in [0, 0.1) is 11.7 Å². The Labute approximate surface area is 98.5 Å². The lowest BCUT2D eigenvalue weighted by Gasteiger charge is -2.36. The smallest absolute Gasteiger partial charge is 0.119 e. The molecule has 0 heterocycles. The number of benzene rings is 1. The van der Waals surface area contributed by atoms with Crippen molar-refractivity contribution in [3.63, 3.8) is 0 Å². The van der Waals surface area contributed by atoms with Gasteiger partial charge in [0.05, 0.1) is 0 Å². The third kappa shape index (κ3) is 3.10. The lowest BCUT2D eigenvalue weighted by molar-refractivity contribution is 0.349. The summed E-state index contributed by atoms with van der Waals surface area (Å²) in [7, 11) is 2.22. The van der Waals surface area contributed by atoms with Gasteiger partial charge in [0.15, 0.2) is 0 Å². The molecule has 2 rings (SSSR count). The summed E-state index contributed by atoms with van der Waals surface area (Å²) >= 11 is 0. The van der Waals surface area contributed by atoms with Gasteiger partial charge in [-0.3, -0.25) is 12.7 Å². The summed E-state index contributed by atoms with van der Waals surface area (Å²) in [6.07, 6.45) is 6.81. The summed E-state index contributed by atoms with van der Waals surface area (Å²) in [6.45, 7) is 2.26. The van der Waals surface area contributed by atoms with Gasteiger partial charge in [-0.15, -0.1) is 6.07 Å². The summed E-state index contributed by atoms with van der Waals surface area (Å²) in [6, 6.07) is 6.90. The zero-order valence-corrected chi connectivity index (χ0v) is 9.95. The van der Waals surface area contributed by atoms with Crippen LogP contribution in [0.5, 0.6) is 0 Å². The molecule has 86 valence electrons. The summed E-state index contributed by atoms with van der Waals surface area (Å²) in [5.74, 6) is 1.24. The van der Waals surface area contributed by atoms with E-state index in [1.54, 1.807) is 12.1 Å². The fraction of sp³-hybridized carbons (Fsp3) is 0.571. The Morgan fingerprint density at radius 1 is 1.25 bits per heavy atom. The van der Waals surface area contributed by atoms with E-state index in [1.807, 2.05) is 6.07 Å². The molecule has 0 bridgehead atoms. The number of rotatable bonds is 3. The molecule has 16 heavy (non-hydrogen) atoms. The summed E-state index contributed by atoms with van der Waals surface area (Å²) in [5, 5.41) is 0. The predicted octanol–water partition coefficient (Wildman–Crippen LogP) is 3.54. The van der Waals surface area contributed by atoms with Gasteiger partial charge in [0.1, 0.15) is 5.82 Å². The molecule has 0 spiro atoms. The molecule has 0 N–H and O–H groups in total. The molecule has 0 amide bonds. The number of halogens is 1. The zero-order valence-electron chi connectivity index (χ0n) is 9.95. The van der Waals surface area contributed by atoms with Gasteiger partial charge in [-0.25, -0.2) is 10.2 Å². The van der Waals surface area contributed by atoms with Gasteiger partial charge in [0.25, 0.3) is 0 Å². The average molecular weight is 217 g/mol. The molecule has 1 unspecified atom stereocenters. The largest absolute Gasteiger partial charge is 0.293 e. The summed E-state index contributed by atoms with van der Waals surface area (Å²) in [5.41, 5.74) is 1.03. The average Bonchev–Trinajstić information content (AvgIpc) is 2.30. The van der Waals surface area contributed by atoms with Crippen molar-refractivity contribution >= 4 is 12.7 Å². The third-order valence-electron chi connectivity index (χ3n) is 3.70. The van der Waals surface area contributed by atoms with Crippen LogP contribution >= 0.6 is 0 Å². The Morgan fingerprint density at radius 3 is 2.69 bits per heavy atom. The molecule has 0 nitrogen and oxygen atoms in total. The van der Waals surface area contributed by atoms with E-state index in [0.717, 1.165) is 11.4 Å². The van der Waals surface area contributed by atoms with Crippen LogP contribution < -0.4 is 5.46 Å². The van der Waals surface area contributed by atoms with Crippen LogP contribution in [0.1, 0.15) is 39.0 Å². The van der Waals surface area contributed by atoms with Gasteiger partial charge in [0.2, 0.25) is 0 Å². The first-order chi connectivity index (χ1) is 7.75. The first-order valence-electron chi connectivity index (χ1n) is 6.36. The highest BCUT2D eigenvalue weighted by Crippen LogP contribution is 2.32. The SMILES string of the molecule is CC([B-]c1cccc(F)c1)C1CCCCC1. The van der Waals surface area contributed by atoms with Crippen LogP contribution in [0.15, 0.2) is 24.3 Å². The van der Waals surface area contributed by atoms with Gasteiger partial charge < -0.3 is 0 Å². The van der Waals surface area contributed by atoms with E-state index >= 15 is 0 Å². The second-order valence-corrected chi connectivity index (χ2v) is 4.98. The van der Waals surface area contributed by atoms with Crippen molar-refractivity contribution in [3.05, 3.63) is 30.1 Å². The van der Waals surface area contributed by atoms with Crippen LogP contribution in [-0.4, -0.2) is 7.28 Å². The minimum Gasteiger partial charge on any atom is -0.293 e. The molecule has 1 atom stereocenters. The maximum absolute atomic E-state index is 13.0. The number of hydrogen-bond acceptors (Lipinski definition) is 0. The van der Waals surface area contributed by atoms with Crippen molar-refractivity contribution in [2.24, 2.45) is 5.92 Å². The lowest BCUT2D eigenvalue weighted by atomic mass is 9.54. The molecular weight excluding hydrogens is 198 g/mol. The Kier molecular flexibility index (Phi) is 4.03. The first-order valence-corrected chi connectivity index (χ1v) is 6.36. The van der Waals surface area contributed by atoms with E-state index in [0.29, 0.717) is 5.82 Å². The molecule has 2 radical (unpaired) electrons. The predicted molar refractivity (Wildman–Crippen MR) is 67.8 cm³/mol. The first kappa shape index (κ1) is 11.7. The summed E-state index contributed by atoms with van der Waals surface area (Å²) < 4.78 is 13.0. The van der Waals surface area contributed by atoms with Gasteiger partial charge in [-0.2, -0.15) is 0 Å². The maximum Gasteiger partial charge on any atom is 0.119 e. The van der Waals surface area contributed by atoms with Gasteiger partial charge in [-0.1, -0.05) is 57.1 Å². The second-order valence-electron chi connectivity index (χ2n) is 4.98. The fourth-order valence-electron chi connectivity index (χ4n) is 2.71. The quantitative estimate of drug-likeness (QED) is 0.679. The highest BCUT2D eigenvalue weighted by molar-refractivity contribution is 6.54. The Balaban J connectivity index is 1.93. The molecule has 1 aromatic rings. The van der Waals surface area contributed by atoms with E-state index in [1.165, 1.54) is 38.2 Å². The van der Waals surface area contributed by atoms with Crippen molar-refractivity contribution in [2.75, 3.05) is 0 Å². The van der Waals surface area contributed by atoms with Gasteiger partial charge >= 0.3 is 0 Å². The molecule has 0 aromatic heterocycles. The molecule has 2 heteroatoms.